The van der Waals surface area contributed by atoms with E-state index in [1.807, 2.05) is 0 Å². The molecule has 0 saturated carbocycles. The van der Waals surface area contributed by atoms with Crippen molar-refractivity contribution in [3.05, 3.63) is 48.0 Å². The van der Waals surface area contributed by atoms with Gasteiger partial charge in [-0.05, 0) is 37.3 Å². The number of carbonyl (C=O) groups excluding carboxylic acids is 2. The summed E-state index contributed by atoms with van der Waals surface area (Å²) in [5, 5.41) is 14.0. The topological polar surface area (TPSA) is 100 Å². The van der Waals surface area contributed by atoms with Crippen LogP contribution in [0.4, 0.5) is 5.69 Å². The number of carbonyl (C=O) groups is 2. The van der Waals surface area contributed by atoms with Gasteiger partial charge < -0.3 is 14.6 Å². The number of fused-ring (bicyclic) bond motifs is 1. The highest BCUT2D eigenvalue weighted by Crippen LogP contribution is 2.31. The average Bonchev–Trinajstić information content (AvgIpc) is 2.68. The van der Waals surface area contributed by atoms with E-state index >= 15 is 0 Å². The number of anilines is 1. The molecule has 2 N–H and O–H groups in total. The van der Waals surface area contributed by atoms with E-state index in [4.69, 9.17) is 9.47 Å². The number of hydrazone groups is 1. The van der Waals surface area contributed by atoms with Gasteiger partial charge in [-0.1, -0.05) is 12.1 Å². The number of hydrogen-bond donors (Lipinski definition) is 2. The van der Waals surface area contributed by atoms with Crippen LogP contribution >= 0.6 is 0 Å². The lowest BCUT2D eigenvalue weighted by Crippen LogP contribution is -2.44. The van der Waals surface area contributed by atoms with Crippen LogP contribution in [0.5, 0.6) is 17.2 Å². The van der Waals surface area contributed by atoms with Crippen molar-refractivity contribution in [1.82, 2.24) is 5.43 Å². The zero-order valence-corrected chi connectivity index (χ0v) is 14.9. The summed E-state index contributed by atoms with van der Waals surface area (Å²) in [6, 6.07) is 11.7. The van der Waals surface area contributed by atoms with Crippen LogP contribution in [0.2, 0.25) is 0 Å². The Kier molecular flexibility index (Phi) is 5.25. The van der Waals surface area contributed by atoms with Crippen molar-refractivity contribution in [1.29, 1.82) is 0 Å². The Morgan fingerprint density at radius 1 is 1.33 bits per heavy atom. The van der Waals surface area contributed by atoms with Crippen molar-refractivity contribution in [2.75, 3.05) is 25.2 Å². The van der Waals surface area contributed by atoms with Gasteiger partial charge in [0.1, 0.15) is 23.8 Å². The maximum atomic E-state index is 12.3. The van der Waals surface area contributed by atoms with Gasteiger partial charge in [0.15, 0.2) is 6.61 Å². The molecule has 1 aliphatic rings. The van der Waals surface area contributed by atoms with Gasteiger partial charge in [0.2, 0.25) is 0 Å². The Morgan fingerprint density at radius 3 is 2.89 bits per heavy atom. The Balaban J connectivity index is 1.71. The molecule has 140 valence electrons. The molecule has 3 rings (SSSR count). The average molecular weight is 369 g/mol. The summed E-state index contributed by atoms with van der Waals surface area (Å²) >= 11 is 0. The highest BCUT2D eigenvalue weighted by atomic mass is 16.5. The summed E-state index contributed by atoms with van der Waals surface area (Å²) in [7, 11) is 1.52. The van der Waals surface area contributed by atoms with Crippen molar-refractivity contribution >= 4 is 23.2 Å². The summed E-state index contributed by atoms with van der Waals surface area (Å²) in [6.07, 6.45) is 0. The zero-order valence-electron chi connectivity index (χ0n) is 14.9. The first-order valence-electron chi connectivity index (χ1n) is 8.22. The van der Waals surface area contributed by atoms with E-state index in [9.17, 15) is 14.7 Å². The number of phenolic OH excluding ortho intramolecular Hbond substituents is 1. The Labute approximate surface area is 156 Å². The van der Waals surface area contributed by atoms with E-state index in [0.717, 1.165) is 0 Å². The molecular weight excluding hydrogens is 350 g/mol. The van der Waals surface area contributed by atoms with Gasteiger partial charge in [-0.2, -0.15) is 5.10 Å². The fourth-order valence-corrected chi connectivity index (χ4v) is 2.64. The molecule has 2 aromatic carbocycles. The molecule has 2 aromatic rings. The summed E-state index contributed by atoms with van der Waals surface area (Å²) in [4.78, 5) is 25.7. The van der Waals surface area contributed by atoms with Crippen LogP contribution in [0, 0.1) is 0 Å². The van der Waals surface area contributed by atoms with Crippen LogP contribution in [0.1, 0.15) is 12.5 Å². The number of methoxy groups -OCH3 is 1. The predicted octanol–water partition coefficient (Wildman–Crippen LogP) is 1.67. The summed E-state index contributed by atoms with van der Waals surface area (Å²) in [5.41, 5.74) is 3.77. The fraction of sp³-hybridized carbons (Fsp3) is 0.211. The second-order valence-corrected chi connectivity index (χ2v) is 5.85. The molecule has 8 heteroatoms. The van der Waals surface area contributed by atoms with E-state index < -0.39 is 5.91 Å². The smallest absolute Gasteiger partial charge is 0.265 e. The lowest BCUT2D eigenvalue weighted by atomic mass is 10.1. The Hall–Kier alpha value is -3.55. The summed E-state index contributed by atoms with van der Waals surface area (Å²) < 4.78 is 10.5. The van der Waals surface area contributed by atoms with Gasteiger partial charge in [-0.3, -0.25) is 14.5 Å². The minimum Gasteiger partial charge on any atom is -0.507 e. The van der Waals surface area contributed by atoms with Crippen LogP contribution in [-0.4, -0.2) is 42.9 Å². The van der Waals surface area contributed by atoms with E-state index in [1.54, 1.807) is 43.3 Å². The van der Waals surface area contributed by atoms with Crippen LogP contribution in [0.25, 0.3) is 0 Å². The number of nitrogens with one attached hydrogen (secondary N) is 1. The van der Waals surface area contributed by atoms with Gasteiger partial charge in [0, 0.05) is 5.56 Å². The van der Waals surface area contributed by atoms with E-state index in [-0.39, 0.29) is 24.8 Å². The van der Waals surface area contributed by atoms with Crippen molar-refractivity contribution in [3.63, 3.8) is 0 Å². The third-order valence-corrected chi connectivity index (χ3v) is 4.05. The summed E-state index contributed by atoms with van der Waals surface area (Å²) in [5.74, 6) is 0.338. The molecule has 0 aliphatic carbocycles. The van der Waals surface area contributed by atoms with Crippen molar-refractivity contribution < 1.29 is 24.2 Å². The molecule has 0 unspecified atom stereocenters. The van der Waals surface area contributed by atoms with Gasteiger partial charge in [0.25, 0.3) is 11.8 Å². The first kappa shape index (κ1) is 18.2. The van der Waals surface area contributed by atoms with E-state index in [1.165, 1.54) is 18.1 Å². The standard InChI is InChI=1S/C19H19N3O5/c1-12(14-9-13(26-2)7-8-16(14)23)20-21-18(24)10-22-15-5-3-4-6-17(15)27-11-19(22)25/h3-9,23H,10-11H2,1-2H3,(H,21,24)/b20-12+. The van der Waals surface area contributed by atoms with Crippen LogP contribution in [0.3, 0.4) is 0 Å². The van der Waals surface area contributed by atoms with E-state index in [2.05, 4.69) is 10.5 Å². The fourth-order valence-electron chi connectivity index (χ4n) is 2.64. The number of amides is 2. The van der Waals surface area contributed by atoms with Gasteiger partial charge >= 0.3 is 0 Å². The molecule has 1 aliphatic heterocycles. The minimum absolute atomic E-state index is 0.0172. The zero-order chi connectivity index (χ0) is 19.4. The molecule has 0 aromatic heterocycles. The van der Waals surface area contributed by atoms with Crippen molar-refractivity contribution in [3.8, 4) is 17.2 Å². The number of hydrogen-bond acceptors (Lipinski definition) is 6. The lowest BCUT2D eigenvalue weighted by molar-refractivity contribution is -0.125. The molecule has 1 heterocycles. The van der Waals surface area contributed by atoms with Crippen molar-refractivity contribution in [2.24, 2.45) is 5.10 Å². The molecule has 8 nitrogen and oxygen atoms in total. The Bertz CT molecular complexity index is 910. The number of phenols is 1. The van der Waals surface area contributed by atoms with Gasteiger partial charge in [-0.25, -0.2) is 5.43 Å². The van der Waals surface area contributed by atoms with E-state index in [0.29, 0.717) is 28.5 Å². The molecular formula is C19H19N3O5. The number of para-hydroxylation sites is 2. The van der Waals surface area contributed by atoms with Crippen LogP contribution in [0.15, 0.2) is 47.6 Å². The first-order chi connectivity index (χ1) is 13.0. The first-order valence-corrected chi connectivity index (χ1v) is 8.22. The maximum absolute atomic E-state index is 12.3. The Morgan fingerprint density at radius 2 is 2.11 bits per heavy atom. The van der Waals surface area contributed by atoms with Crippen molar-refractivity contribution in [2.45, 2.75) is 6.92 Å². The number of benzene rings is 2. The normalized spacial score (nSPS) is 13.6. The minimum atomic E-state index is -0.471. The highest BCUT2D eigenvalue weighted by Gasteiger charge is 2.26. The van der Waals surface area contributed by atoms with Gasteiger partial charge in [-0.15, -0.1) is 0 Å². The molecule has 0 bridgehead atoms. The molecule has 0 atom stereocenters. The van der Waals surface area contributed by atoms with Crippen LogP contribution < -0.4 is 19.8 Å². The number of aromatic hydroxyl groups is 1. The molecule has 0 radical (unpaired) electrons. The maximum Gasteiger partial charge on any atom is 0.265 e. The predicted molar refractivity (Wildman–Crippen MR) is 99.3 cm³/mol. The largest absolute Gasteiger partial charge is 0.507 e. The molecule has 27 heavy (non-hydrogen) atoms. The molecule has 0 saturated heterocycles. The second kappa shape index (κ2) is 7.77. The molecule has 0 fully saturated rings. The van der Waals surface area contributed by atoms with Crippen LogP contribution in [-0.2, 0) is 9.59 Å². The van der Waals surface area contributed by atoms with Gasteiger partial charge in [0.05, 0.1) is 18.5 Å². The second-order valence-electron chi connectivity index (χ2n) is 5.85. The third kappa shape index (κ3) is 4.00. The SMILES string of the molecule is COc1ccc(O)c(/C(C)=N/NC(=O)CN2C(=O)COc3ccccc32)c1. The summed E-state index contributed by atoms with van der Waals surface area (Å²) in [6.45, 7) is 1.33. The number of rotatable bonds is 5. The number of ether oxygens (including phenoxy) is 2. The monoisotopic (exact) mass is 369 g/mol. The molecule has 2 amide bonds. The third-order valence-electron chi connectivity index (χ3n) is 4.05. The highest BCUT2D eigenvalue weighted by molar-refractivity contribution is 6.04. The lowest BCUT2D eigenvalue weighted by Gasteiger charge is -2.28. The quantitative estimate of drug-likeness (QED) is 0.617. The number of nitrogens with zero attached hydrogens (tertiary/aromatic N) is 2. The molecule has 0 spiro atoms.